The second kappa shape index (κ2) is 11.8. The first-order chi connectivity index (χ1) is 15.8. The van der Waals surface area contributed by atoms with Crippen LogP contribution in [-0.2, 0) is 29.0 Å². The Bertz CT molecular complexity index is 1120. The molecule has 0 aromatic heterocycles. The third-order valence-corrected chi connectivity index (χ3v) is 6.69. The normalized spacial score (nSPS) is 11.7. The second-order valence-electron chi connectivity index (χ2n) is 7.47. The van der Waals surface area contributed by atoms with Gasteiger partial charge in [-0.05, 0) is 35.4 Å². The average Bonchev–Trinajstić information content (AvgIpc) is 2.80. The van der Waals surface area contributed by atoms with Gasteiger partial charge in [0.2, 0.25) is 11.8 Å². The first-order valence-electron chi connectivity index (χ1n) is 10.2. The molecule has 8 heteroatoms. The molecule has 0 unspecified atom stereocenters. The SMILES string of the molecule is CNC(=O)[C@H](Cc1ccccc1)N(Cc1c(Cl)cccc1Cl)C(=O)Cc1ccc(Cl)c(Cl)c1. The van der Waals surface area contributed by atoms with Crippen molar-refractivity contribution in [2.24, 2.45) is 0 Å². The fourth-order valence-corrected chi connectivity index (χ4v) is 4.34. The van der Waals surface area contributed by atoms with Gasteiger partial charge in [0.05, 0.1) is 16.5 Å². The van der Waals surface area contributed by atoms with Crippen LogP contribution in [0.4, 0.5) is 0 Å². The van der Waals surface area contributed by atoms with E-state index in [9.17, 15) is 9.59 Å². The quantitative estimate of drug-likeness (QED) is 0.380. The fourth-order valence-electron chi connectivity index (χ4n) is 3.50. The van der Waals surface area contributed by atoms with Crippen molar-refractivity contribution < 1.29 is 9.59 Å². The molecule has 3 aromatic carbocycles. The van der Waals surface area contributed by atoms with Crippen molar-refractivity contribution in [1.29, 1.82) is 0 Å². The Morgan fingerprint density at radius 3 is 2.09 bits per heavy atom. The van der Waals surface area contributed by atoms with Crippen LogP contribution < -0.4 is 5.32 Å². The lowest BCUT2D eigenvalue weighted by Crippen LogP contribution is -2.50. The standard InChI is InChI=1S/C25H22Cl4N2O2/c1-30-25(33)23(13-16-6-3-2-4-7-16)31(15-18-19(26)8-5-9-20(18)27)24(32)14-17-10-11-21(28)22(29)12-17/h2-12,23H,13-15H2,1H3,(H,30,33)/t23-/m0/s1. The predicted molar refractivity (Wildman–Crippen MR) is 135 cm³/mol. The van der Waals surface area contributed by atoms with E-state index in [1.807, 2.05) is 30.3 Å². The van der Waals surface area contributed by atoms with Gasteiger partial charge in [-0.2, -0.15) is 0 Å². The van der Waals surface area contributed by atoms with Gasteiger partial charge in [0, 0.05) is 35.6 Å². The van der Waals surface area contributed by atoms with Crippen molar-refractivity contribution in [1.82, 2.24) is 10.2 Å². The molecule has 0 aliphatic rings. The summed E-state index contributed by atoms with van der Waals surface area (Å²) >= 11 is 24.9. The Balaban J connectivity index is 2.00. The molecule has 2 amide bonds. The van der Waals surface area contributed by atoms with Gasteiger partial charge in [-0.15, -0.1) is 0 Å². The number of carbonyl (C=O) groups excluding carboxylic acids is 2. The van der Waals surface area contributed by atoms with Gasteiger partial charge in [-0.1, -0.05) is 88.9 Å². The number of amides is 2. The summed E-state index contributed by atoms with van der Waals surface area (Å²) in [4.78, 5) is 28.1. The molecule has 0 aliphatic heterocycles. The van der Waals surface area contributed by atoms with Crippen molar-refractivity contribution in [2.45, 2.75) is 25.4 Å². The van der Waals surface area contributed by atoms with Crippen LogP contribution in [0.2, 0.25) is 20.1 Å². The molecule has 1 N–H and O–H groups in total. The Labute approximate surface area is 213 Å². The van der Waals surface area contributed by atoms with Gasteiger partial charge in [0.15, 0.2) is 0 Å². The summed E-state index contributed by atoms with van der Waals surface area (Å²) in [6, 6.07) is 18.9. The molecule has 0 fully saturated rings. The Morgan fingerprint density at radius 1 is 0.818 bits per heavy atom. The molecule has 0 saturated carbocycles. The third-order valence-electron chi connectivity index (χ3n) is 5.25. The summed E-state index contributed by atoms with van der Waals surface area (Å²) in [7, 11) is 1.55. The monoisotopic (exact) mass is 522 g/mol. The summed E-state index contributed by atoms with van der Waals surface area (Å²) in [5, 5.41) is 4.28. The summed E-state index contributed by atoms with van der Waals surface area (Å²) in [5.41, 5.74) is 2.18. The number of rotatable bonds is 8. The maximum Gasteiger partial charge on any atom is 0.242 e. The van der Waals surface area contributed by atoms with Gasteiger partial charge >= 0.3 is 0 Å². The van der Waals surface area contributed by atoms with Crippen LogP contribution in [0.3, 0.4) is 0 Å². The summed E-state index contributed by atoms with van der Waals surface area (Å²) < 4.78 is 0. The molecular weight excluding hydrogens is 502 g/mol. The number of carbonyl (C=O) groups is 2. The number of likely N-dealkylation sites (N-methyl/N-ethyl adjacent to an activating group) is 1. The van der Waals surface area contributed by atoms with Crippen molar-refractivity contribution in [2.75, 3.05) is 7.05 Å². The largest absolute Gasteiger partial charge is 0.357 e. The number of halogens is 4. The van der Waals surface area contributed by atoms with Gasteiger partial charge in [0.25, 0.3) is 0 Å². The van der Waals surface area contributed by atoms with Crippen molar-refractivity contribution in [3.05, 3.63) is 104 Å². The first kappa shape index (κ1) is 25.4. The van der Waals surface area contributed by atoms with E-state index in [2.05, 4.69) is 5.32 Å². The number of hydrogen-bond donors (Lipinski definition) is 1. The van der Waals surface area contributed by atoms with Crippen molar-refractivity contribution >= 4 is 58.2 Å². The Morgan fingerprint density at radius 2 is 1.48 bits per heavy atom. The van der Waals surface area contributed by atoms with Crippen molar-refractivity contribution in [3.63, 3.8) is 0 Å². The molecule has 0 saturated heterocycles. The number of nitrogens with zero attached hydrogens (tertiary/aromatic N) is 1. The molecule has 3 rings (SSSR count). The molecule has 0 spiro atoms. The maximum absolute atomic E-state index is 13.6. The third kappa shape index (κ3) is 6.64. The van der Waals surface area contributed by atoms with E-state index < -0.39 is 6.04 Å². The topological polar surface area (TPSA) is 49.4 Å². The van der Waals surface area contributed by atoms with Crippen LogP contribution in [-0.4, -0.2) is 29.8 Å². The van der Waals surface area contributed by atoms with E-state index in [0.29, 0.717) is 37.6 Å². The van der Waals surface area contributed by atoms with Crippen LogP contribution >= 0.6 is 46.4 Å². The molecule has 0 aliphatic carbocycles. The smallest absolute Gasteiger partial charge is 0.242 e. The van der Waals surface area contributed by atoms with E-state index in [0.717, 1.165) is 5.56 Å². The van der Waals surface area contributed by atoms with Gasteiger partial charge in [-0.25, -0.2) is 0 Å². The number of nitrogens with one attached hydrogen (secondary N) is 1. The summed E-state index contributed by atoms with van der Waals surface area (Å²) in [6.07, 6.45) is 0.358. The van der Waals surface area contributed by atoms with E-state index in [1.165, 1.54) is 4.90 Å². The Kier molecular flexibility index (Phi) is 9.04. The van der Waals surface area contributed by atoms with Crippen LogP contribution in [0.1, 0.15) is 16.7 Å². The highest BCUT2D eigenvalue weighted by atomic mass is 35.5. The molecule has 33 heavy (non-hydrogen) atoms. The lowest BCUT2D eigenvalue weighted by molar-refractivity contribution is -0.140. The van der Waals surface area contributed by atoms with Gasteiger partial charge in [-0.3, -0.25) is 9.59 Å². The van der Waals surface area contributed by atoms with E-state index in [4.69, 9.17) is 46.4 Å². The van der Waals surface area contributed by atoms with Gasteiger partial charge in [0.1, 0.15) is 6.04 Å². The molecule has 3 aromatic rings. The van der Waals surface area contributed by atoms with Crippen LogP contribution in [0.5, 0.6) is 0 Å². The zero-order valence-electron chi connectivity index (χ0n) is 17.8. The number of benzene rings is 3. The zero-order chi connectivity index (χ0) is 24.0. The van der Waals surface area contributed by atoms with E-state index in [1.54, 1.807) is 43.4 Å². The van der Waals surface area contributed by atoms with Crippen LogP contribution in [0.25, 0.3) is 0 Å². The highest BCUT2D eigenvalue weighted by Gasteiger charge is 2.30. The van der Waals surface area contributed by atoms with Gasteiger partial charge < -0.3 is 10.2 Å². The molecule has 0 heterocycles. The molecular formula is C25H22Cl4N2O2. The Hall–Kier alpha value is -2.24. The fraction of sp³-hybridized carbons (Fsp3) is 0.200. The minimum Gasteiger partial charge on any atom is -0.357 e. The molecule has 0 bridgehead atoms. The van der Waals surface area contributed by atoms with Crippen LogP contribution in [0, 0.1) is 0 Å². The summed E-state index contributed by atoms with van der Waals surface area (Å²) in [5.74, 6) is -0.557. The molecule has 0 radical (unpaired) electrons. The van der Waals surface area contributed by atoms with Crippen molar-refractivity contribution in [3.8, 4) is 0 Å². The van der Waals surface area contributed by atoms with Crippen LogP contribution in [0.15, 0.2) is 66.7 Å². The first-order valence-corrected chi connectivity index (χ1v) is 11.7. The average molecular weight is 524 g/mol. The molecule has 1 atom stereocenters. The zero-order valence-corrected chi connectivity index (χ0v) is 20.8. The highest BCUT2D eigenvalue weighted by Crippen LogP contribution is 2.28. The predicted octanol–water partition coefficient (Wildman–Crippen LogP) is 6.23. The maximum atomic E-state index is 13.6. The molecule has 172 valence electrons. The lowest BCUT2D eigenvalue weighted by atomic mass is 10.0. The molecule has 4 nitrogen and oxygen atoms in total. The van der Waals surface area contributed by atoms with E-state index in [-0.39, 0.29) is 24.8 Å². The minimum absolute atomic E-state index is 0.0290. The second-order valence-corrected chi connectivity index (χ2v) is 9.10. The number of hydrogen-bond acceptors (Lipinski definition) is 2. The van der Waals surface area contributed by atoms with E-state index >= 15 is 0 Å². The highest BCUT2D eigenvalue weighted by molar-refractivity contribution is 6.42. The minimum atomic E-state index is -0.778. The summed E-state index contributed by atoms with van der Waals surface area (Å²) in [6.45, 7) is 0.0730. The lowest BCUT2D eigenvalue weighted by Gasteiger charge is -2.32.